The average molecular weight is 388 g/mol. The zero-order valence-electron chi connectivity index (χ0n) is 16.7. The number of anilines is 1. The highest BCUT2D eigenvalue weighted by Crippen LogP contribution is 2.31. The standard InChI is InChI=1S/C23H24N4O2/c1-14-9-17(10-15(2)23(14)29)16-3-5-19-20(11-16)25-21(12-24-19)26-7-8-27-18(13-26)4-6-22(27)28/h3,5,9-12,18,29H,4,6-8,13H2,1-2H3. The summed E-state index contributed by atoms with van der Waals surface area (Å²) in [5.74, 6) is 1.50. The maximum Gasteiger partial charge on any atom is 0.223 e. The quantitative estimate of drug-likeness (QED) is 0.728. The second-order valence-corrected chi connectivity index (χ2v) is 8.12. The third kappa shape index (κ3) is 3.09. The van der Waals surface area contributed by atoms with Crippen LogP contribution in [0.3, 0.4) is 0 Å². The maximum atomic E-state index is 11.9. The summed E-state index contributed by atoms with van der Waals surface area (Å²) >= 11 is 0. The third-order valence-corrected chi connectivity index (χ3v) is 6.17. The van der Waals surface area contributed by atoms with Gasteiger partial charge in [0.05, 0.1) is 17.2 Å². The minimum absolute atomic E-state index is 0.281. The molecule has 148 valence electrons. The molecule has 3 heterocycles. The second-order valence-electron chi connectivity index (χ2n) is 8.12. The minimum Gasteiger partial charge on any atom is -0.507 e. The number of phenolic OH excluding ortho intramolecular Hbond substituents is 1. The number of carbonyl (C=O) groups is 1. The van der Waals surface area contributed by atoms with Gasteiger partial charge < -0.3 is 14.9 Å². The van der Waals surface area contributed by atoms with Crippen molar-refractivity contribution in [2.24, 2.45) is 0 Å². The fraction of sp³-hybridized carbons (Fsp3) is 0.348. The Hall–Kier alpha value is -3.15. The number of fused-ring (bicyclic) bond motifs is 2. The van der Waals surface area contributed by atoms with E-state index in [9.17, 15) is 9.90 Å². The van der Waals surface area contributed by atoms with Gasteiger partial charge in [0.2, 0.25) is 5.91 Å². The first-order valence-electron chi connectivity index (χ1n) is 10.1. The van der Waals surface area contributed by atoms with Gasteiger partial charge >= 0.3 is 0 Å². The Morgan fingerprint density at radius 3 is 2.62 bits per heavy atom. The highest BCUT2D eigenvalue weighted by Gasteiger charge is 2.35. The number of aromatic nitrogens is 2. The van der Waals surface area contributed by atoms with Crippen molar-refractivity contribution in [3.05, 3.63) is 47.7 Å². The van der Waals surface area contributed by atoms with Crippen molar-refractivity contribution < 1.29 is 9.90 Å². The molecule has 3 aromatic rings. The molecule has 1 unspecified atom stereocenters. The van der Waals surface area contributed by atoms with Crippen LogP contribution in [0.1, 0.15) is 24.0 Å². The van der Waals surface area contributed by atoms with Crippen LogP contribution in [0.25, 0.3) is 22.2 Å². The van der Waals surface area contributed by atoms with Crippen LogP contribution in [0.15, 0.2) is 36.5 Å². The summed E-state index contributed by atoms with van der Waals surface area (Å²) in [6.45, 7) is 6.20. The monoisotopic (exact) mass is 388 g/mol. The molecule has 5 rings (SSSR count). The van der Waals surface area contributed by atoms with Gasteiger partial charge in [-0.15, -0.1) is 0 Å². The third-order valence-electron chi connectivity index (χ3n) is 6.17. The smallest absolute Gasteiger partial charge is 0.223 e. The summed E-state index contributed by atoms with van der Waals surface area (Å²) < 4.78 is 0. The van der Waals surface area contributed by atoms with E-state index >= 15 is 0 Å². The molecule has 6 nitrogen and oxygen atoms in total. The van der Waals surface area contributed by atoms with Crippen LogP contribution in [-0.2, 0) is 4.79 Å². The second kappa shape index (κ2) is 6.72. The predicted octanol–water partition coefficient (Wildman–Crippen LogP) is 3.43. The maximum absolute atomic E-state index is 11.9. The van der Waals surface area contributed by atoms with Gasteiger partial charge in [-0.25, -0.2) is 4.98 Å². The predicted molar refractivity (Wildman–Crippen MR) is 113 cm³/mol. The van der Waals surface area contributed by atoms with Crippen molar-refractivity contribution in [1.82, 2.24) is 14.9 Å². The van der Waals surface area contributed by atoms with E-state index in [0.717, 1.165) is 65.2 Å². The van der Waals surface area contributed by atoms with E-state index in [0.29, 0.717) is 18.2 Å². The normalized spacial score (nSPS) is 19.1. The highest BCUT2D eigenvalue weighted by atomic mass is 16.3. The molecule has 29 heavy (non-hydrogen) atoms. The van der Waals surface area contributed by atoms with Crippen LogP contribution in [0.5, 0.6) is 5.75 Å². The minimum atomic E-state index is 0.281. The molecule has 0 saturated carbocycles. The molecular formula is C23H24N4O2. The lowest BCUT2D eigenvalue weighted by Gasteiger charge is -2.38. The molecule has 1 N–H and O–H groups in total. The zero-order valence-corrected chi connectivity index (χ0v) is 16.7. The van der Waals surface area contributed by atoms with Crippen LogP contribution in [-0.4, -0.2) is 51.6 Å². The van der Waals surface area contributed by atoms with Crippen LogP contribution in [0.4, 0.5) is 5.82 Å². The Labute approximate surface area is 169 Å². The van der Waals surface area contributed by atoms with E-state index in [1.54, 1.807) is 0 Å². The van der Waals surface area contributed by atoms with Gasteiger partial charge in [-0.1, -0.05) is 6.07 Å². The van der Waals surface area contributed by atoms with Gasteiger partial charge in [0.15, 0.2) is 0 Å². The lowest BCUT2D eigenvalue weighted by atomic mass is 9.99. The molecule has 0 spiro atoms. The average Bonchev–Trinajstić information content (AvgIpc) is 3.11. The molecular weight excluding hydrogens is 364 g/mol. The molecule has 2 fully saturated rings. The number of rotatable bonds is 2. The van der Waals surface area contributed by atoms with Crippen molar-refractivity contribution in [3.63, 3.8) is 0 Å². The molecule has 0 bridgehead atoms. The van der Waals surface area contributed by atoms with Gasteiger partial charge in [-0.2, -0.15) is 0 Å². The Morgan fingerprint density at radius 2 is 1.83 bits per heavy atom. The van der Waals surface area contributed by atoms with Crippen LogP contribution < -0.4 is 4.90 Å². The lowest BCUT2D eigenvalue weighted by molar-refractivity contribution is -0.129. The number of aromatic hydroxyl groups is 1. The van der Waals surface area contributed by atoms with E-state index in [1.807, 2.05) is 49.2 Å². The zero-order chi connectivity index (χ0) is 20.1. The van der Waals surface area contributed by atoms with E-state index in [2.05, 4.69) is 16.0 Å². The largest absolute Gasteiger partial charge is 0.507 e. The number of amides is 1. The van der Waals surface area contributed by atoms with Crippen molar-refractivity contribution in [2.75, 3.05) is 24.5 Å². The molecule has 2 aromatic carbocycles. The molecule has 0 aliphatic carbocycles. The van der Waals surface area contributed by atoms with E-state index < -0.39 is 0 Å². The number of nitrogens with zero attached hydrogens (tertiary/aromatic N) is 4. The highest BCUT2D eigenvalue weighted by molar-refractivity contribution is 5.83. The number of piperazine rings is 1. The lowest BCUT2D eigenvalue weighted by Crippen LogP contribution is -2.51. The summed E-state index contributed by atoms with van der Waals surface area (Å²) in [5, 5.41) is 10.1. The van der Waals surface area contributed by atoms with Gasteiger partial charge in [-0.05, 0) is 66.8 Å². The van der Waals surface area contributed by atoms with Crippen LogP contribution >= 0.6 is 0 Å². The topological polar surface area (TPSA) is 69.6 Å². The number of aryl methyl sites for hydroxylation is 2. The van der Waals surface area contributed by atoms with Crippen molar-refractivity contribution in [1.29, 1.82) is 0 Å². The summed E-state index contributed by atoms with van der Waals surface area (Å²) in [6, 6.07) is 10.4. The SMILES string of the molecule is Cc1cc(-c2ccc3ncc(N4CCN5C(=O)CCC5C4)nc3c2)cc(C)c1O. The molecule has 0 radical (unpaired) electrons. The number of carbonyl (C=O) groups excluding carboxylic acids is 1. The first-order chi connectivity index (χ1) is 14.0. The summed E-state index contributed by atoms with van der Waals surface area (Å²) in [4.78, 5) is 25.7. The van der Waals surface area contributed by atoms with Crippen molar-refractivity contribution in [2.45, 2.75) is 32.7 Å². The van der Waals surface area contributed by atoms with Crippen molar-refractivity contribution in [3.8, 4) is 16.9 Å². The summed E-state index contributed by atoms with van der Waals surface area (Å²) in [5.41, 5.74) is 5.56. The first kappa shape index (κ1) is 17.9. The fourth-order valence-corrected chi connectivity index (χ4v) is 4.53. The molecule has 2 saturated heterocycles. The van der Waals surface area contributed by atoms with Gasteiger partial charge in [0, 0.05) is 32.1 Å². The van der Waals surface area contributed by atoms with Crippen LogP contribution in [0.2, 0.25) is 0 Å². The number of benzene rings is 2. The van der Waals surface area contributed by atoms with Crippen molar-refractivity contribution >= 4 is 22.8 Å². The van der Waals surface area contributed by atoms with Gasteiger partial charge in [0.1, 0.15) is 11.6 Å². The summed E-state index contributed by atoms with van der Waals surface area (Å²) in [7, 11) is 0. The number of hydrogen-bond donors (Lipinski definition) is 1. The summed E-state index contributed by atoms with van der Waals surface area (Å²) in [6.07, 6.45) is 3.43. The van der Waals surface area contributed by atoms with E-state index in [-0.39, 0.29) is 5.91 Å². The Balaban J connectivity index is 1.48. The molecule has 6 heteroatoms. The molecule has 2 aliphatic heterocycles. The number of hydrogen-bond acceptors (Lipinski definition) is 5. The molecule has 1 atom stereocenters. The molecule has 1 amide bonds. The fourth-order valence-electron chi connectivity index (χ4n) is 4.53. The Morgan fingerprint density at radius 1 is 1.03 bits per heavy atom. The Kier molecular flexibility index (Phi) is 4.15. The van der Waals surface area contributed by atoms with Gasteiger partial charge in [0.25, 0.3) is 0 Å². The van der Waals surface area contributed by atoms with E-state index in [4.69, 9.17) is 4.98 Å². The van der Waals surface area contributed by atoms with Crippen LogP contribution in [0, 0.1) is 13.8 Å². The molecule has 2 aliphatic rings. The van der Waals surface area contributed by atoms with Gasteiger partial charge in [-0.3, -0.25) is 9.78 Å². The first-order valence-corrected chi connectivity index (χ1v) is 10.1. The number of phenols is 1. The van der Waals surface area contributed by atoms with E-state index in [1.165, 1.54) is 0 Å². The Bertz CT molecular complexity index is 1100. The molecule has 1 aromatic heterocycles.